The first-order valence-corrected chi connectivity index (χ1v) is 9.78. The third-order valence-electron chi connectivity index (χ3n) is 4.09. The van der Waals surface area contributed by atoms with E-state index in [0.29, 0.717) is 17.1 Å². The third kappa shape index (κ3) is 5.93. The molecule has 0 bridgehead atoms. The second-order valence-electron chi connectivity index (χ2n) is 6.54. The van der Waals surface area contributed by atoms with Gasteiger partial charge in [-0.15, -0.1) is 0 Å². The molecule has 3 aromatic rings. The molecule has 148 valence electrons. The van der Waals surface area contributed by atoms with Gasteiger partial charge in [-0.25, -0.2) is 4.79 Å². The van der Waals surface area contributed by atoms with E-state index in [1.807, 2.05) is 50.2 Å². The lowest BCUT2D eigenvalue weighted by atomic mass is 10.2. The molecule has 0 heterocycles. The van der Waals surface area contributed by atoms with Crippen molar-refractivity contribution in [3.05, 3.63) is 87.9 Å². The first-order chi connectivity index (χ1) is 13.9. The Bertz CT molecular complexity index is 1010. The molecule has 0 spiro atoms. The zero-order valence-corrected chi connectivity index (χ0v) is 17.7. The van der Waals surface area contributed by atoms with Crippen molar-refractivity contribution in [2.45, 2.75) is 13.8 Å². The molecule has 0 saturated carbocycles. The number of esters is 1. The van der Waals surface area contributed by atoms with E-state index >= 15 is 0 Å². The molecule has 0 aliphatic heterocycles. The summed E-state index contributed by atoms with van der Waals surface area (Å²) in [6.45, 7) is 3.72. The van der Waals surface area contributed by atoms with Gasteiger partial charge in [0.05, 0.1) is 4.47 Å². The van der Waals surface area contributed by atoms with Crippen molar-refractivity contribution in [3.63, 3.8) is 0 Å². The van der Waals surface area contributed by atoms with Gasteiger partial charge < -0.3 is 14.8 Å². The smallest absolute Gasteiger partial charge is 0.349 e. The maximum Gasteiger partial charge on any atom is 0.349 e. The average molecular weight is 454 g/mol. The summed E-state index contributed by atoms with van der Waals surface area (Å²) in [5, 5.41) is 2.82. The Morgan fingerprint density at radius 1 is 0.897 bits per heavy atom. The van der Waals surface area contributed by atoms with Crippen LogP contribution in [0.4, 0.5) is 5.69 Å². The maximum atomic E-state index is 12.3. The summed E-state index contributed by atoms with van der Waals surface area (Å²) in [6.07, 6.45) is 0. The highest BCUT2D eigenvalue weighted by Gasteiger charge is 2.10. The predicted octanol–water partition coefficient (Wildman–Crippen LogP) is 5.30. The van der Waals surface area contributed by atoms with Crippen LogP contribution in [-0.4, -0.2) is 18.5 Å². The van der Waals surface area contributed by atoms with Gasteiger partial charge in [0.25, 0.3) is 5.91 Å². The van der Waals surface area contributed by atoms with Gasteiger partial charge in [-0.05, 0) is 83.9 Å². The van der Waals surface area contributed by atoms with Crippen LogP contribution in [0.25, 0.3) is 0 Å². The summed E-state index contributed by atoms with van der Waals surface area (Å²) in [5.41, 5.74) is 3.38. The second kappa shape index (κ2) is 9.39. The van der Waals surface area contributed by atoms with Crippen molar-refractivity contribution >= 4 is 33.5 Å². The molecule has 0 unspecified atom stereocenters. The van der Waals surface area contributed by atoms with Gasteiger partial charge in [0.15, 0.2) is 6.61 Å². The summed E-state index contributed by atoms with van der Waals surface area (Å²) in [6, 6.07) is 19.5. The largest absolute Gasteiger partial charge is 0.481 e. The topological polar surface area (TPSA) is 64.6 Å². The standard InChI is InChI=1S/C23H20BrNO4/c1-15-3-8-18(9-4-15)25-23(27)17-6-10-19(11-7-17)29-22(26)14-28-21-12-5-16(2)13-20(21)24/h3-13H,14H2,1-2H3,(H,25,27). The van der Waals surface area contributed by atoms with E-state index in [2.05, 4.69) is 21.2 Å². The number of benzene rings is 3. The molecule has 0 atom stereocenters. The van der Waals surface area contributed by atoms with Crippen LogP contribution in [0.1, 0.15) is 21.5 Å². The van der Waals surface area contributed by atoms with Crippen LogP contribution in [0.5, 0.6) is 11.5 Å². The summed E-state index contributed by atoms with van der Waals surface area (Å²) < 4.78 is 11.5. The Kier molecular flexibility index (Phi) is 6.67. The van der Waals surface area contributed by atoms with Crippen LogP contribution in [0, 0.1) is 13.8 Å². The molecule has 0 saturated heterocycles. The Balaban J connectivity index is 1.53. The fourth-order valence-corrected chi connectivity index (χ4v) is 3.14. The van der Waals surface area contributed by atoms with E-state index < -0.39 is 5.97 Å². The van der Waals surface area contributed by atoms with Crippen molar-refractivity contribution in [1.29, 1.82) is 0 Å². The zero-order valence-electron chi connectivity index (χ0n) is 16.1. The van der Waals surface area contributed by atoms with Crippen LogP contribution in [-0.2, 0) is 4.79 Å². The van der Waals surface area contributed by atoms with E-state index in [-0.39, 0.29) is 12.5 Å². The van der Waals surface area contributed by atoms with Crippen LogP contribution in [0.2, 0.25) is 0 Å². The molecule has 29 heavy (non-hydrogen) atoms. The highest BCUT2D eigenvalue weighted by Crippen LogP contribution is 2.25. The monoisotopic (exact) mass is 453 g/mol. The van der Waals surface area contributed by atoms with Crippen molar-refractivity contribution in [2.24, 2.45) is 0 Å². The molecule has 0 radical (unpaired) electrons. The summed E-state index contributed by atoms with van der Waals surface area (Å²) in [5.74, 6) is 0.137. The molecule has 1 N–H and O–H groups in total. The fraction of sp³-hybridized carbons (Fsp3) is 0.130. The molecule has 3 rings (SSSR count). The van der Waals surface area contributed by atoms with Crippen molar-refractivity contribution < 1.29 is 19.1 Å². The van der Waals surface area contributed by atoms with Crippen molar-refractivity contribution in [3.8, 4) is 11.5 Å². The number of ether oxygens (including phenoxy) is 2. The van der Waals surface area contributed by atoms with E-state index in [0.717, 1.165) is 21.3 Å². The number of rotatable bonds is 6. The van der Waals surface area contributed by atoms with Gasteiger partial charge in [0.1, 0.15) is 11.5 Å². The first kappa shape index (κ1) is 20.6. The molecule has 0 aliphatic carbocycles. The number of carbonyl (C=O) groups excluding carboxylic acids is 2. The number of halogens is 1. The van der Waals surface area contributed by atoms with Crippen LogP contribution in [0.15, 0.2) is 71.2 Å². The molecule has 0 aliphatic rings. The highest BCUT2D eigenvalue weighted by atomic mass is 79.9. The van der Waals surface area contributed by atoms with Gasteiger partial charge in [-0.1, -0.05) is 23.8 Å². The number of hydrogen-bond donors (Lipinski definition) is 1. The van der Waals surface area contributed by atoms with E-state index in [1.165, 1.54) is 0 Å². The lowest BCUT2D eigenvalue weighted by Crippen LogP contribution is -2.18. The Hall–Kier alpha value is -3.12. The van der Waals surface area contributed by atoms with Crippen LogP contribution >= 0.6 is 15.9 Å². The normalized spacial score (nSPS) is 10.3. The fourth-order valence-electron chi connectivity index (χ4n) is 2.54. The lowest BCUT2D eigenvalue weighted by Gasteiger charge is -2.09. The second-order valence-corrected chi connectivity index (χ2v) is 7.40. The predicted molar refractivity (Wildman–Crippen MR) is 116 cm³/mol. The number of carbonyl (C=O) groups is 2. The minimum absolute atomic E-state index is 0.225. The van der Waals surface area contributed by atoms with Gasteiger partial charge in [-0.2, -0.15) is 0 Å². The van der Waals surface area contributed by atoms with Gasteiger partial charge >= 0.3 is 5.97 Å². The van der Waals surface area contributed by atoms with Crippen LogP contribution < -0.4 is 14.8 Å². The van der Waals surface area contributed by atoms with Gasteiger partial charge in [0.2, 0.25) is 0 Å². The van der Waals surface area contributed by atoms with Gasteiger partial charge in [0, 0.05) is 11.3 Å². The minimum atomic E-state index is -0.533. The first-order valence-electron chi connectivity index (χ1n) is 8.98. The summed E-state index contributed by atoms with van der Waals surface area (Å²) in [4.78, 5) is 24.3. The molecule has 0 fully saturated rings. The quantitative estimate of drug-likeness (QED) is 0.406. The SMILES string of the molecule is Cc1ccc(NC(=O)c2ccc(OC(=O)COc3ccc(C)cc3Br)cc2)cc1. The Morgan fingerprint density at radius 2 is 1.55 bits per heavy atom. The molecular weight excluding hydrogens is 434 g/mol. The molecule has 1 amide bonds. The number of hydrogen-bond acceptors (Lipinski definition) is 4. The number of nitrogens with one attached hydrogen (secondary N) is 1. The third-order valence-corrected chi connectivity index (χ3v) is 4.71. The zero-order chi connectivity index (χ0) is 20.8. The van der Waals surface area contributed by atoms with Crippen molar-refractivity contribution in [1.82, 2.24) is 0 Å². The number of amides is 1. The molecule has 0 aromatic heterocycles. The van der Waals surface area contributed by atoms with E-state index in [9.17, 15) is 9.59 Å². The van der Waals surface area contributed by atoms with Gasteiger partial charge in [-0.3, -0.25) is 4.79 Å². The highest BCUT2D eigenvalue weighted by molar-refractivity contribution is 9.10. The molecular formula is C23H20BrNO4. The van der Waals surface area contributed by atoms with E-state index in [1.54, 1.807) is 30.3 Å². The maximum absolute atomic E-state index is 12.3. The summed E-state index contributed by atoms with van der Waals surface area (Å²) >= 11 is 3.40. The molecule has 3 aromatic carbocycles. The van der Waals surface area contributed by atoms with Crippen LogP contribution in [0.3, 0.4) is 0 Å². The number of aryl methyl sites for hydroxylation is 2. The van der Waals surface area contributed by atoms with E-state index in [4.69, 9.17) is 9.47 Å². The minimum Gasteiger partial charge on any atom is -0.481 e. The molecule has 6 heteroatoms. The average Bonchev–Trinajstić information content (AvgIpc) is 2.69. The lowest BCUT2D eigenvalue weighted by molar-refractivity contribution is -0.136. The number of anilines is 1. The Morgan fingerprint density at radius 3 is 2.21 bits per heavy atom. The summed E-state index contributed by atoms with van der Waals surface area (Å²) in [7, 11) is 0. The van der Waals surface area contributed by atoms with Crippen molar-refractivity contribution in [2.75, 3.05) is 11.9 Å². The Labute approximate surface area is 177 Å². The molecule has 5 nitrogen and oxygen atoms in total.